The predicted molar refractivity (Wildman–Crippen MR) is 114 cm³/mol. The third kappa shape index (κ3) is 4.95. The SMILES string of the molecule is Cc1ccc(NC(=O)c2ccccc2NC(=O)C=Cc2ccccc2)cc1C. The van der Waals surface area contributed by atoms with E-state index in [0.717, 1.165) is 22.4 Å². The van der Waals surface area contributed by atoms with Gasteiger partial charge in [-0.3, -0.25) is 9.59 Å². The molecule has 0 saturated carbocycles. The molecule has 3 rings (SSSR count). The maximum absolute atomic E-state index is 12.7. The lowest BCUT2D eigenvalue weighted by Gasteiger charge is -2.11. The van der Waals surface area contributed by atoms with Gasteiger partial charge in [0.25, 0.3) is 5.91 Å². The van der Waals surface area contributed by atoms with Gasteiger partial charge in [0, 0.05) is 11.8 Å². The Hall–Kier alpha value is -3.66. The maximum Gasteiger partial charge on any atom is 0.257 e. The first-order chi connectivity index (χ1) is 13.5. The van der Waals surface area contributed by atoms with E-state index in [4.69, 9.17) is 0 Å². The van der Waals surface area contributed by atoms with Crippen molar-refractivity contribution in [1.82, 2.24) is 0 Å². The second-order valence-electron chi connectivity index (χ2n) is 6.53. The quantitative estimate of drug-likeness (QED) is 0.606. The van der Waals surface area contributed by atoms with Crippen molar-refractivity contribution >= 4 is 29.3 Å². The van der Waals surface area contributed by atoms with Crippen LogP contribution in [0.2, 0.25) is 0 Å². The van der Waals surface area contributed by atoms with Crippen molar-refractivity contribution in [2.24, 2.45) is 0 Å². The fraction of sp³-hybridized carbons (Fsp3) is 0.0833. The Balaban J connectivity index is 1.73. The van der Waals surface area contributed by atoms with Crippen LogP contribution in [0, 0.1) is 13.8 Å². The van der Waals surface area contributed by atoms with Crippen LogP contribution < -0.4 is 10.6 Å². The van der Waals surface area contributed by atoms with E-state index in [9.17, 15) is 9.59 Å². The van der Waals surface area contributed by atoms with E-state index >= 15 is 0 Å². The Morgan fingerprint density at radius 2 is 1.50 bits per heavy atom. The van der Waals surface area contributed by atoms with Crippen molar-refractivity contribution in [1.29, 1.82) is 0 Å². The second-order valence-corrected chi connectivity index (χ2v) is 6.53. The van der Waals surface area contributed by atoms with Gasteiger partial charge in [-0.2, -0.15) is 0 Å². The number of para-hydroxylation sites is 1. The van der Waals surface area contributed by atoms with Crippen molar-refractivity contribution in [2.75, 3.05) is 10.6 Å². The topological polar surface area (TPSA) is 58.2 Å². The fourth-order valence-electron chi connectivity index (χ4n) is 2.72. The van der Waals surface area contributed by atoms with Gasteiger partial charge in [-0.15, -0.1) is 0 Å². The molecule has 3 aromatic rings. The Morgan fingerprint density at radius 1 is 0.786 bits per heavy atom. The van der Waals surface area contributed by atoms with Crippen molar-refractivity contribution in [3.8, 4) is 0 Å². The van der Waals surface area contributed by atoms with E-state index in [0.29, 0.717) is 11.3 Å². The number of rotatable bonds is 5. The van der Waals surface area contributed by atoms with E-state index in [1.807, 2.05) is 62.4 Å². The van der Waals surface area contributed by atoms with E-state index in [1.54, 1.807) is 30.3 Å². The highest BCUT2D eigenvalue weighted by Crippen LogP contribution is 2.19. The highest BCUT2D eigenvalue weighted by molar-refractivity contribution is 6.11. The number of hydrogen-bond acceptors (Lipinski definition) is 2. The average Bonchev–Trinajstić information content (AvgIpc) is 2.70. The summed E-state index contributed by atoms with van der Waals surface area (Å²) in [5, 5.41) is 5.67. The van der Waals surface area contributed by atoms with Gasteiger partial charge in [-0.25, -0.2) is 0 Å². The molecule has 0 radical (unpaired) electrons. The third-order valence-electron chi connectivity index (χ3n) is 4.42. The van der Waals surface area contributed by atoms with E-state index < -0.39 is 0 Å². The van der Waals surface area contributed by atoms with Gasteiger partial charge in [-0.1, -0.05) is 48.5 Å². The first-order valence-corrected chi connectivity index (χ1v) is 9.04. The van der Waals surface area contributed by atoms with Gasteiger partial charge in [0.05, 0.1) is 11.3 Å². The lowest BCUT2D eigenvalue weighted by molar-refractivity contribution is -0.111. The number of hydrogen-bond donors (Lipinski definition) is 2. The lowest BCUT2D eigenvalue weighted by atomic mass is 10.1. The average molecular weight is 370 g/mol. The molecule has 0 unspecified atom stereocenters. The van der Waals surface area contributed by atoms with Gasteiger partial charge in [0.15, 0.2) is 0 Å². The summed E-state index contributed by atoms with van der Waals surface area (Å²) in [6, 6.07) is 22.3. The third-order valence-corrected chi connectivity index (χ3v) is 4.42. The van der Waals surface area contributed by atoms with Crippen LogP contribution in [-0.4, -0.2) is 11.8 Å². The molecule has 2 N–H and O–H groups in total. The van der Waals surface area contributed by atoms with Crippen molar-refractivity contribution < 1.29 is 9.59 Å². The van der Waals surface area contributed by atoms with Gasteiger partial charge in [-0.05, 0) is 60.9 Å². The summed E-state index contributed by atoms with van der Waals surface area (Å²) in [6.45, 7) is 4.02. The minimum Gasteiger partial charge on any atom is -0.322 e. The molecule has 140 valence electrons. The molecule has 0 heterocycles. The monoisotopic (exact) mass is 370 g/mol. The molecule has 3 aromatic carbocycles. The van der Waals surface area contributed by atoms with Gasteiger partial charge in [0.1, 0.15) is 0 Å². The summed E-state index contributed by atoms with van der Waals surface area (Å²) in [5.41, 5.74) is 4.78. The number of aryl methyl sites for hydroxylation is 2. The summed E-state index contributed by atoms with van der Waals surface area (Å²) >= 11 is 0. The second kappa shape index (κ2) is 8.82. The van der Waals surface area contributed by atoms with E-state index in [2.05, 4.69) is 10.6 Å². The molecule has 0 aliphatic carbocycles. The number of amides is 2. The highest BCUT2D eigenvalue weighted by atomic mass is 16.2. The van der Waals surface area contributed by atoms with Crippen LogP contribution in [0.4, 0.5) is 11.4 Å². The number of nitrogens with one attached hydrogen (secondary N) is 2. The summed E-state index contributed by atoms with van der Waals surface area (Å²) in [7, 11) is 0. The zero-order valence-electron chi connectivity index (χ0n) is 15.9. The van der Waals surface area contributed by atoms with Crippen LogP contribution in [0.15, 0.2) is 78.9 Å². The minimum atomic E-state index is -0.296. The lowest BCUT2D eigenvalue weighted by Crippen LogP contribution is -2.17. The van der Waals surface area contributed by atoms with Gasteiger partial charge in [0.2, 0.25) is 5.91 Å². The molecular weight excluding hydrogens is 348 g/mol. The maximum atomic E-state index is 12.7. The number of anilines is 2. The first-order valence-electron chi connectivity index (χ1n) is 9.04. The van der Waals surface area contributed by atoms with Crippen molar-refractivity contribution in [2.45, 2.75) is 13.8 Å². The van der Waals surface area contributed by atoms with Gasteiger partial charge >= 0.3 is 0 Å². The molecule has 0 aromatic heterocycles. The molecule has 4 nitrogen and oxygen atoms in total. The normalized spacial score (nSPS) is 10.6. The summed E-state index contributed by atoms with van der Waals surface area (Å²) < 4.78 is 0. The number of benzene rings is 3. The van der Waals surface area contributed by atoms with Crippen molar-refractivity contribution in [3.05, 3.63) is 101 Å². The molecule has 2 amide bonds. The smallest absolute Gasteiger partial charge is 0.257 e. The summed E-state index contributed by atoms with van der Waals surface area (Å²) in [5.74, 6) is -0.568. The molecular formula is C24H22N2O2. The molecule has 4 heteroatoms. The number of carbonyl (C=O) groups excluding carboxylic acids is 2. The Morgan fingerprint density at radius 3 is 2.25 bits per heavy atom. The molecule has 0 aliphatic rings. The van der Waals surface area contributed by atoms with Crippen LogP contribution in [-0.2, 0) is 4.79 Å². The van der Waals surface area contributed by atoms with Crippen LogP contribution in [0.25, 0.3) is 6.08 Å². The van der Waals surface area contributed by atoms with Crippen LogP contribution in [0.3, 0.4) is 0 Å². The first kappa shape index (κ1) is 19.1. The van der Waals surface area contributed by atoms with Crippen LogP contribution >= 0.6 is 0 Å². The zero-order valence-corrected chi connectivity index (χ0v) is 15.9. The van der Waals surface area contributed by atoms with Crippen molar-refractivity contribution in [3.63, 3.8) is 0 Å². The standard InChI is InChI=1S/C24H22N2O2/c1-17-12-14-20(16-18(17)2)25-24(28)21-10-6-7-11-22(21)26-23(27)15-13-19-8-4-3-5-9-19/h3-16H,1-2H3,(H,25,28)(H,26,27). The number of carbonyl (C=O) groups is 2. The van der Waals surface area contributed by atoms with Crippen LogP contribution in [0.5, 0.6) is 0 Å². The fourth-order valence-corrected chi connectivity index (χ4v) is 2.72. The zero-order chi connectivity index (χ0) is 19.9. The summed E-state index contributed by atoms with van der Waals surface area (Å²) in [4.78, 5) is 25.0. The largest absolute Gasteiger partial charge is 0.322 e. The Kier molecular flexibility index (Phi) is 6.02. The van der Waals surface area contributed by atoms with Gasteiger partial charge < -0.3 is 10.6 Å². The highest BCUT2D eigenvalue weighted by Gasteiger charge is 2.12. The Labute approximate surface area is 164 Å². The predicted octanol–water partition coefficient (Wildman–Crippen LogP) is 5.21. The molecule has 28 heavy (non-hydrogen) atoms. The Bertz CT molecular complexity index is 1020. The molecule has 0 bridgehead atoms. The molecule has 0 fully saturated rings. The molecule has 0 spiro atoms. The summed E-state index contributed by atoms with van der Waals surface area (Å²) in [6.07, 6.45) is 3.18. The van der Waals surface area contributed by atoms with E-state index in [1.165, 1.54) is 6.08 Å². The minimum absolute atomic E-state index is 0.272. The molecule has 0 aliphatic heterocycles. The van der Waals surface area contributed by atoms with Crippen LogP contribution in [0.1, 0.15) is 27.0 Å². The molecule has 0 saturated heterocycles. The van der Waals surface area contributed by atoms with E-state index in [-0.39, 0.29) is 11.8 Å². The molecule has 0 atom stereocenters.